The summed E-state index contributed by atoms with van der Waals surface area (Å²) in [6, 6.07) is 3.55. The van der Waals surface area contributed by atoms with E-state index in [9.17, 15) is 0 Å². The average molecular weight is 280 g/mol. The summed E-state index contributed by atoms with van der Waals surface area (Å²) in [4.78, 5) is 1.47. The van der Waals surface area contributed by atoms with E-state index in [0.29, 0.717) is 20.7 Å². The number of nitriles is 1. The number of aliphatic hydroxyl groups is 1. The first-order chi connectivity index (χ1) is 7.20. The Morgan fingerprint density at radius 2 is 1.87 bits per heavy atom. The van der Waals surface area contributed by atoms with Gasteiger partial charge in [0.2, 0.25) is 0 Å². The van der Waals surface area contributed by atoms with Crippen LogP contribution in [0.3, 0.4) is 0 Å². The van der Waals surface area contributed by atoms with Crippen molar-refractivity contribution in [1.82, 2.24) is 0 Å². The molecule has 0 saturated carbocycles. The Labute approximate surface area is 107 Å². The molecule has 0 aromatic heterocycles. The van der Waals surface area contributed by atoms with E-state index < -0.39 is 0 Å². The first-order valence-electron chi connectivity index (χ1n) is 3.98. The van der Waals surface area contributed by atoms with Crippen LogP contribution in [0.1, 0.15) is 0 Å². The minimum Gasteiger partial charge on any atom is -0.396 e. The van der Waals surface area contributed by atoms with E-state index in [4.69, 9.17) is 33.6 Å². The molecule has 0 radical (unpaired) electrons. The van der Waals surface area contributed by atoms with Crippen LogP contribution in [0.15, 0.2) is 21.9 Å². The van der Waals surface area contributed by atoms with Crippen LogP contribution >= 0.6 is 46.7 Å². The zero-order valence-electron chi connectivity index (χ0n) is 7.54. The molecule has 0 fully saturated rings. The predicted molar refractivity (Wildman–Crippen MR) is 65.7 cm³/mol. The molecule has 1 aromatic carbocycles. The Hall–Kier alpha value is -0.0500. The molecule has 0 atom stereocenters. The van der Waals surface area contributed by atoms with Crippen molar-refractivity contribution in [3.05, 3.63) is 22.2 Å². The van der Waals surface area contributed by atoms with Gasteiger partial charge in [0.15, 0.2) is 0 Å². The molecule has 0 aliphatic rings. The number of aliphatic hydroxyl groups excluding tert-OH is 1. The van der Waals surface area contributed by atoms with Gasteiger partial charge in [-0.3, -0.25) is 0 Å². The second-order valence-corrected chi connectivity index (χ2v) is 5.17. The molecule has 0 heterocycles. The fraction of sp³-hybridized carbons (Fsp3) is 0.222. The number of hydrogen-bond donors (Lipinski definition) is 1. The number of halogens is 2. The topological polar surface area (TPSA) is 44.0 Å². The van der Waals surface area contributed by atoms with Gasteiger partial charge in [-0.05, 0) is 23.9 Å². The van der Waals surface area contributed by atoms with Gasteiger partial charge in [-0.25, -0.2) is 0 Å². The molecule has 6 heteroatoms. The van der Waals surface area contributed by atoms with Crippen LogP contribution in [-0.2, 0) is 0 Å². The number of thiocyanates is 1. The molecule has 1 aromatic rings. The maximum atomic E-state index is 8.68. The molecule has 0 aliphatic carbocycles. The fourth-order valence-electron chi connectivity index (χ4n) is 0.909. The second-order valence-electron chi connectivity index (χ2n) is 2.46. The summed E-state index contributed by atoms with van der Waals surface area (Å²) >= 11 is 14.4. The lowest BCUT2D eigenvalue weighted by Crippen LogP contribution is -1.87. The number of hydrogen-bond acceptors (Lipinski definition) is 4. The molecule has 0 unspecified atom stereocenters. The monoisotopic (exact) mass is 279 g/mol. The lowest BCUT2D eigenvalue weighted by Gasteiger charge is -2.06. The van der Waals surface area contributed by atoms with Crippen molar-refractivity contribution < 1.29 is 5.11 Å². The highest BCUT2D eigenvalue weighted by atomic mass is 35.5. The SMILES string of the molecule is N#CSc1ccc(SCCO)c(Cl)c1Cl. The summed E-state index contributed by atoms with van der Waals surface area (Å²) in [5, 5.41) is 20.0. The minimum atomic E-state index is 0.0906. The van der Waals surface area contributed by atoms with Crippen molar-refractivity contribution in [3.8, 4) is 5.40 Å². The normalized spacial score (nSPS) is 10.0. The molecular weight excluding hydrogens is 273 g/mol. The Morgan fingerprint density at radius 3 is 2.47 bits per heavy atom. The Kier molecular flexibility index (Phi) is 5.65. The zero-order chi connectivity index (χ0) is 11.3. The van der Waals surface area contributed by atoms with Gasteiger partial charge in [0.25, 0.3) is 0 Å². The van der Waals surface area contributed by atoms with E-state index in [1.807, 2.05) is 5.40 Å². The van der Waals surface area contributed by atoms with Crippen LogP contribution < -0.4 is 0 Å². The van der Waals surface area contributed by atoms with Gasteiger partial charge in [-0.15, -0.1) is 11.8 Å². The van der Waals surface area contributed by atoms with Gasteiger partial charge in [0.05, 0.1) is 16.7 Å². The second kappa shape index (κ2) is 6.51. The number of nitrogens with zero attached hydrogens (tertiary/aromatic N) is 1. The third-order valence-corrected chi connectivity index (χ3v) is 4.31. The molecular formula is C9H7Cl2NOS2. The molecule has 0 bridgehead atoms. The number of benzene rings is 1. The third-order valence-electron chi connectivity index (χ3n) is 1.52. The van der Waals surface area contributed by atoms with Gasteiger partial charge in [0.1, 0.15) is 5.40 Å². The molecule has 2 nitrogen and oxygen atoms in total. The maximum absolute atomic E-state index is 8.68. The highest BCUT2D eigenvalue weighted by molar-refractivity contribution is 8.03. The Balaban J connectivity index is 2.94. The lowest BCUT2D eigenvalue weighted by molar-refractivity contribution is 0.322. The summed E-state index contributed by atoms with van der Waals surface area (Å²) in [7, 11) is 0. The van der Waals surface area contributed by atoms with Gasteiger partial charge < -0.3 is 5.11 Å². The van der Waals surface area contributed by atoms with E-state index in [0.717, 1.165) is 16.7 Å². The van der Waals surface area contributed by atoms with Crippen molar-refractivity contribution in [2.45, 2.75) is 9.79 Å². The summed E-state index contributed by atoms with van der Waals surface area (Å²) < 4.78 is 0. The smallest absolute Gasteiger partial charge is 0.138 e. The van der Waals surface area contributed by atoms with Gasteiger partial charge in [-0.2, -0.15) is 5.26 Å². The van der Waals surface area contributed by atoms with Crippen molar-refractivity contribution in [3.63, 3.8) is 0 Å². The van der Waals surface area contributed by atoms with Crippen LogP contribution in [0.5, 0.6) is 0 Å². The van der Waals surface area contributed by atoms with Crippen LogP contribution in [0.4, 0.5) is 0 Å². The molecule has 80 valence electrons. The quantitative estimate of drug-likeness (QED) is 0.675. The van der Waals surface area contributed by atoms with Gasteiger partial charge >= 0.3 is 0 Å². The fourth-order valence-corrected chi connectivity index (χ4v) is 2.76. The van der Waals surface area contributed by atoms with E-state index >= 15 is 0 Å². The van der Waals surface area contributed by atoms with Gasteiger partial charge in [-0.1, -0.05) is 23.2 Å². The number of rotatable bonds is 4. The Morgan fingerprint density at radius 1 is 1.27 bits per heavy atom. The molecule has 0 amide bonds. The molecule has 0 spiro atoms. The molecule has 0 saturated heterocycles. The van der Waals surface area contributed by atoms with Crippen LogP contribution in [-0.4, -0.2) is 17.5 Å². The largest absolute Gasteiger partial charge is 0.396 e. The lowest BCUT2D eigenvalue weighted by atomic mass is 10.3. The zero-order valence-corrected chi connectivity index (χ0v) is 10.7. The average Bonchev–Trinajstić information content (AvgIpc) is 2.24. The van der Waals surface area contributed by atoms with Crippen molar-refractivity contribution in [2.24, 2.45) is 0 Å². The van der Waals surface area contributed by atoms with Crippen molar-refractivity contribution >= 4 is 46.7 Å². The van der Waals surface area contributed by atoms with Crippen molar-refractivity contribution in [2.75, 3.05) is 12.4 Å². The third kappa shape index (κ3) is 3.47. The summed E-state index contributed by atoms with van der Waals surface area (Å²) in [5.74, 6) is 0.570. The maximum Gasteiger partial charge on any atom is 0.138 e. The van der Waals surface area contributed by atoms with Crippen LogP contribution in [0.2, 0.25) is 10.0 Å². The molecule has 1 rings (SSSR count). The first-order valence-corrected chi connectivity index (χ1v) is 6.54. The summed E-state index contributed by atoms with van der Waals surface area (Å²) in [5.41, 5.74) is 0. The number of thioether (sulfide) groups is 2. The van der Waals surface area contributed by atoms with Crippen LogP contribution in [0.25, 0.3) is 0 Å². The van der Waals surface area contributed by atoms with E-state index in [-0.39, 0.29) is 6.61 Å². The van der Waals surface area contributed by atoms with Crippen LogP contribution in [0, 0.1) is 10.7 Å². The minimum absolute atomic E-state index is 0.0906. The first kappa shape index (κ1) is 13.0. The summed E-state index contributed by atoms with van der Waals surface area (Å²) in [6.07, 6.45) is 0. The standard InChI is InChI=1S/C9H7Cl2NOS2/c10-8-6(14-4-3-13)1-2-7(9(8)11)15-5-12/h1-2,13H,3-4H2. The van der Waals surface area contributed by atoms with Crippen molar-refractivity contribution in [1.29, 1.82) is 5.26 Å². The highest BCUT2D eigenvalue weighted by Crippen LogP contribution is 2.38. The van der Waals surface area contributed by atoms with E-state index in [2.05, 4.69) is 0 Å². The summed E-state index contributed by atoms with van der Waals surface area (Å²) in [6.45, 7) is 0.0906. The van der Waals surface area contributed by atoms with Gasteiger partial charge in [0, 0.05) is 15.5 Å². The highest BCUT2D eigenvalue weighted by Gasteiger charge is 2.10. The molecule has 15 heavy (non-hydrogen) atoms. The molecule has 1 N–H and O–H groups in total. The molecule has 0 aliphatic heterocycles. The predicted octanol–water partition coefficient (Wildman–Crippen LogP) is 3.65. The van der Waals surface area contributed by atoms with E-state index in [1.165, 1.54) is 11.8 Å². The van der Waals surface area contributed by atoms with E-state index in [1.54, 1.807) is 12.1 Å². The Bertz CT molecular complexity index is 392.